The quantitative estimate of drug-likeness (QED) is 0.598. The molecule has 1 saturated carbocycles. The lowest BCUT2D eigenvalue weighted by molar-refractivity contribution is 0.149. The zero-order valence-electron chi connectivity index (χ0n) is 9.24. The Hall–Kier alpha value is -1.74. The molecule has 1 aliphatic rings. The van der Waals surface area contributed by atoms with E-state index >= 15 is 0 Å². The van der Waals surface area contributed by atoms with Crippen molar-refractivity contribution in [3.05, 3.63) is 29.3 Å². The maximum absolute atomic E-state index is 12.9. The minimum Gasteiger partial charge on any atom is -0.496 e. The Morgan fingerprint density at radius 3 is 2.65 bits per heavy atom. The number of benzene rings is 1. The highest BCUT2D eigenvalue weighted by molar-refractivity contribution is 5.51. The predicted molar refractivity (Wildman–Crippen MR) is 57.0 cm³/mol. The van der Waals surface area contributed by atoms with Crippen molar-refractivity contribution in [2.24, 2.45) is 4.99 Å². The lowest BCUT2D eigenvalue weighted by Gasteiger charge is -2.17. The van der Waals surface area contributed by atoms with E-state index in [9.17, 15) is 13.6 Å². The fourth-order valence-electron chi connectivity index (χ4n) is 2.02. The van der Waals surface area contributed by atoms with Gasteiger partial charge in [0.05, 0.1) is 7.11 Å². The molecule has 0 spiro atoms. The number of hydrogen-bond donors (Lipinski definition) is 0. The van der Waals surface area contributed by atoms with E-state index in [0.717, 1.165) is 0 Å². The summed E-state index contributed by atoms with van der Waals surface area (Å²) < 4.78 is 31.0. The molecule has 0 heterocycles. The number of halogens is 2. The van der Waals surface area contributed by atoms with Gasteiger partial charge in [0.1, 0.15) is 11.3 Å². The van der Waals surface area contributed by atoms with Crippen molar-refractivity contribution < 1.29 is 18.3 Å². The average molecular weight is 239 g/mol. The highest BCUT2D eigenvalue weighted by atomic mass is 19.3. The summed E-state index contributed by atoms with van der Waals surface area (Å²) in [5, 5.41) is 0. The van der Waals surface area contributed by atoms with E-state index in [-0.39, 0.29) is 5.56 Å². The predicted octanol–water partition coefficient (Wildman–Crippen LogP) is 2.96. The fraction of sp³-hybridized carbons (Fsp3) is 0.417. The van der Waals surface area contributed by atoms with Crippen LogP contribution in [0.4, 0.5) is 8.78 Å². The van der Waals surface area contributed by atoms with Crippen LogP contribution in [0.2, 0.25) is 0 Å². The molecule has 90 valence electrons. The van der Waals surface area contributed by atoms with Gasteiger partial charge in [-0.3, -0.25) is 0 Å². The van der Waals surface area contributed by atoms with E-state index in [0.29, 0.717) is 24.2 Å². The molecule has 1 aromatic carbocycles. The van der Waals surface area contributed by atoms with Crippen LogP contribution in [0.25, 0.3) is 0 Å². The van der Waals surface area contributed by atoms with E-state index in [2.05, 4.69) is 4.99 Å². The minimum atomic E-state index is -2.61. The second kappa shape index (κ2) is 4.26. The van der Waals surface area contributed by atoms with Crippen molar-refractivity contribution in [1.29, 1.82) is 0 Å². The van der Waals surface area contributed by atoms with Gasteiger partial charge in [-0.15, -0.1) is 0 Å². The van der Waals surface area contributed by atoms with Crippen LogP contribution >= 0.6 is 0 Å². The van der Waals surface area contributed by atoms with Crippen molar-refractivity contribution >= 4 is 6.08 Å². The summed E-state index contributed by atoms with van der Waals surface area (Å²) in [6.45, 7) is 0. The molecule has 0 amide bonds. The van der Waals surface area contributed by atoms with E-state index in [1.165, 1.54) is 25.3 Å². The number of ether oxygens (including phenoxy) is 1. The standard InChI is InChI=1S/C12H11F2NO2/c1-17-9-4-2-3-8(11(13)14)10(9)12(5-6-12)15-7-16/h2-4,11H,5-6H2,1H3. The van der Waals surface area contributed by atoms with Gasteiger partial charge in [-0.05, 0) is 18.9 Å². The van der Waals surface area contributed by atoms with Gasteiger partial charge in [0, 0.05) is 11.1 Å². The molecule has 0 bridgehead atoms. The zero-order chi connectivity index (χ0) is 12.5. The van der Waals surface area contributed by atoms with Crippen molar-refractivity contribution in [2.75, 3.05) is 7.11 Å². The number of isocyanates is 1. The molecule has 0 N–H and O–H groups in total. The Kier molecular flexibility index (Phi) is 2.94. The third-order valence-electron chi connectivity index (χ3n) is 2.96. The van der Waals surface area contributed by atoms with Gasteiger partial charge in [-0.2, -0.15) is 4.99 Å². The summed E-state index contributed by atoms with van der Waals surface area (Å²) in [7, 11) is 1.41. The van der Waals surface area contributed by atoms with Gasteiger partial charge in [-0.1, -0.05) is 12.1 Å². The van der Waals surface area contributed by atoms with Gasteiger partial charge in [0.15, 0.2) is 0 Å². The first-order valence-corrected chi connectivity index (χ1v) is 5.19. The maximum atomic E-state index is 12.9. The van der Waals surface area contributed by atoms with Crippen LogP contribution < -0.4 is 4.74 Å². The molecular formula is C12H11F2NO2. The highest BCUT2D eigenvalue weighted by Crippen LogP contribution is 2.54. The highest BCUT2D eigenvalue weighted by Gasteiger charge is 2.49. The van der Waals surface area contributed by atoms with Crippen LogP contribution in [0, 0.1) is 0 Å². The van der Waals surface area contributed by atoms with E-state index in [1.807, 2.05) is 0 Å². The first-order valence-electron chi connectivity index (χ1n) is 5.19. The minimum absolute atomic E-state index is 0.124. The largest absolute Gasteiger partial charge is 0.496 e. The van der Waals surface area contributed by atoms with Crippen LogP contribution in [0.15, 0.2) is 23.2 Å². The normalized spacial score (nSPS) is 16.5. The first-order chi connectivity index (χ1) is 8.14. The van der Waals surface area contributed by atoms with Gasteiger partial charge in [0.2, 0.25) is 6.08 Å². The van der Waals surface area contributed by atoms with Crippen LogP contribution in [-0.2, 0) is 10.3 Å². The molecule has 0 atom stereocenters. The van der Waals surface area contributed by atoms with Gasteiger partial charge >= 0.3 is 0 Å². The van der Waals surface area contributed by atoms with Crippen LogP contribution in [0.1, 0.15) is 30.4 Å². The molecule has 3 nitrogen and oxygen atoms in total. The molecule has 1 aromatic rings. The molecule has 2 rings (SSSR count). The number of methoxy groups -OCH3 is 1. The zero-order valence-corrected chi connectivity index (χ0v) is 9.24. The molecule has 1 fully saturated rings. The number of nitrogens with zero attached hydrogens (tertiary/aromatic N) is 1. The van der Waals surface area contributed by atoms with E-state index < -0.39 is 12.0 Å². The smallest absolute Gasteiger partial charge is 0.264 e. The van der Waals surface area contributed by atoms with Gasteiger partial charge < -0.3 is 4.74 Å². The number of hydrogen-bond acceptors (Lipinski definition) is 3. The summed E-state index contributed by atoms with van der Waals surface area (Å²) in [5.41, 5.74) is -0.651. The number of alkyl halides is 2. The van der Waals surface area contributed by atoms with Crippen molar-refractivity contribution in [1.82, 2.24) is 0 Å². The SMILES string of the molecule is COc1cccc(C(F)F)c1C1(N=C=O)CC1. The Morgan fingerprint density at radius 1 is 1.47 bits per heavy atom. The molecule has 1 aliphatic carbocycles. The van der Waals surface area contributed by atoms with Crippen molar-refractivity contribution in [3.63, 3.8) is 0 Å². The van der Waals surface area contributed by atoms with Crippen LogP contribution in [0.3, 0.4) is 0 Å². The average Bonchev–Trinajstić information content (AvgIpc) is 3.09. The monoisotopic (exact) mass is 239 g/mol. The maximum Gasteiger partial charge on any atom is 0.264 e. The topological polar surface area (TPSA) is 38.7 Å². The third-order valence-corrected chi connectivity index (χ3v) is 2.96. The second-order valence-electron chi connectivity index (χ2n) is 3.96. The molecular weight excluding hydrogens is 228 g/mol. The fourth-order valence-corrected chi connectivity index (χ4v) is 2.02. The Labute approximate surface area is 97.1 Å². The molecule has 0 aromatic heterocycles. The Bertz CT molecular complexity index is 477. The van der Waals surface area contributed by atoms with Crippen LogP contribution in [0.5, 0.6) is 5.75 Å². The van der Waals surface area contributed by atoms with Crippen molar-refractivity contribution in [2.45, 2.75) is 24.8 Å². The van der Waals surface area contributed by atoms with Crippen molar-refractivity contribution in [3.8, 4) is 5.75 Å². The third kappa shape index (κ3) is 1.94. The Morgan fingerprint density at radius 2 is 2.18 bits per heavy atom. The molecule has 5 heteroatoms. The second-order valence-corrected chi connectivity index (χ2v) is 3.96. The summed E-state index contributed by atoms with van der Waals surface area (Å²) in [6, 6.07) is 4.44. The van der Waals surface area contributed by atoms with Crippen LogP contribution in [-0.4, -0.2) is 13.2 Å². The van der Waals surface area contributed by atoms with E-state index in [1.54, 1.807) is 6.07 Å². The molecule has 17 heavy (non-hydrogen) atoms. The molecule has 0 aliphatic heterocycles. The molecule has 0 radical (unpaired) electrons. The van der Waals surface area contributed by atoms with E-state index in [4.69, 9.17) is 4.74 Å². The van der Waals surface area contributed by atoms with Gasteiger partial charge in [-0.25, -0.2) is 13.6 Å². The molecule has 0 saturated heterocycles. The summed E-state index contributed by atoms with van der Waals surface area (Å²) in [6.07, 6.45) is -0.00716. The summed E-state index contributed by atoms with van der Waals surface area (Å²) in [5.74, 6) is 0.347. The van der Waals surface area contributed by atoms with Gasteiger partial charge in [0.25, 0.3) is 6.43 Å². The lowest BCUT2D eigenvalue weighted by Crippen LogP contribution is -2.09. The lowest BCUT2D eigenvalue weighted by atomic mass is 9.97. The molecule has 0 unspecified atom stereocenters. The summed E-state index contributed by atoms with van der Waals surface area (Å²) >= 11 is 0. The Balaban J connectivity index is 2.61. The number of carbonyl (C=O) groups excluding carboxylic acids is 1. The number of rotatable bonds is 4. The summed E-state index contributed by atoms with van der Waals surface area (Å²) in [4.78, 5) is 14.1. The number of aliphatic imine (C=N–C) groups is 1. The first kappa shape index (κ1) is 11.7.